The Morgan fingerprint density at radius 2 is 1.75 bits per heavy atom. The number of aryl methyl sites for hydroxylation is 1. The number of carbonyl (C=O) groups excluding carboxylic acids is 1. The Bertz CT molecular complexity index is 642. The zero-order valence-corrected chi connectivity index (χ0v) is 11.1. The third-order valence-corrected chi connectivity index (χ3v) is 3.10. The van der Waals surface area contributed by atoms with Crippen molar-refractivity contribution in [3.63, 3.8) is 0 Å². The maximum atomic E-state index is 13.3. The molecule has 2 rings (SSSR count). The first-order chi connectivity index (χ1) is 9.53. The van der Waals surface area contributed by atoms with Gasteiger partial charge in [-0.3, -0.25) is 4.79 Å². The lowest BCUT2D eigenvalue weighted by Gasteiger charge is -2.07. The van der Waals surface area contributed by atoms with E-state index in [1.807, 2.05) is 6.92 Å². The molecule has 0 spiro atoms. The van der Waals surface area contributed by atoms with Gasteiger partial charge in [0.15, 0.2) is 23.7 Å². The van der Waals surface area contributed by atoms with Crippen LogP contribution < -0.4 is 0 Å². The van der Waals surface area contributed by atoms with Gasteiger partial charge in [0.2, 0.25) is 0 Å². The van der Waals surface area contributed by atoms with Crippen molar-refractivity contribution < 1.29 is 18.0 Å². The zero-order valence-electron chi connectivity index (χ0n) is 11.1. The van der Waals surface area contributed by atoms with Crippen LogP contribution in [-0.4, -0.2) is 16.1 Å². The van der Waals surface area contributed by atoms with E-state index in [9.17, 15) is 18.0 Å². The predicted octanol–water partition coefficient (Wildman–Crippen LogP) is 3.23. The minimum atomic E-state index is -1.52. The molecule has 0 bridgehead atoms. The first kappa shape index (κ1) is 14.3. The van der Waals surface area contributed by atoms with Gasteiger partial charge in [0.25, 0.3) is 0 Å². The van der Waals surface area contributed by atoms with E-state index in [4.69, 9.17) is 0 Å². The highest BCUT2D eigenvalue weighted by Crippen LogP contribution is 2.22. The lowest BCUT2D eigenvalue weighted by Crippen LogP contribution is -2.05. The molecule has 1 aromatic heterocycles. The second kappa shape index (κ2) is 5.48. The molecular weight excluding hydrogens is 269 g/mol. The number of nitrogens with zero attached hydrogens (tertiary/aromatic N) is 2. The summed E-state index contributed by atoms with van der Waals surface area (Å²) in [5, 5.41) is 4.18. The Morgan fingerprint density at radius 1 is 1.15 bits per heavy atom. The van der Waals surface area contributed by atoms with Crippen molar-refractivity contribution >= 4 is 6.29 Å². The van der Waals surface area contributed by atoms with Crippen molar-refractivity contribution in [3.8, 4) is 5.69 Å². The van der Waals surface area contributed by atoms with Crippen molar-refractivity contribution in [2.24, 2.45) is 0 Å². The van der Waals surface area contributed by atoms with Crippen LogP contribution in [0.1, 0.15) is 35.6 Å². The average Bonchev–Trinajstić information content (AvgIpc) is 2.81. The predicted molar refractivity (Wildman–Crippen MR) is 67.6 cm³/mol. The molecule has 0 radical (unpaired) electrons. The first-order valence-electron chi connectivity index (χ1n) is 6.24. The fraction of sp³-hybridized carbons (Fsp3) is 0.286. The third kappa shape index (κ3) is 2.21. The van der Waals surface area contributed by atoms with E-state index in [-0.39, 0.29) is 5.69 Å². The number of aldehydes is 1. The van der Waals surface area contributed by atoms with Crippen molar-refractivity contribution in [2.75, 3.05) is 0 Å². The summed E-state index contributed by atoms with van der Waals surface area (Å²) in [4.78, 5) is 11.1. The highest BCUT2D eigenvalue weighted by atomic mass is 19.2. The van der Waals surface area contributed by atoms with E-state index >= 15 is 0 Å². The molecule has 20 heavy (non-hydrogen) atoms. The van der Waals surface area contributed by atoms with Gasteiger partial charge in [0, 0.05) is 12.1 Å². The number of carbonyl (C=O) groups is 1. The summed E-state index contributed by atoms with van der Waals surface area (Å²) >= 11 is 0. The summed E-state index contributed by atoms with van der Waals surface area (Å²) in [7, 11) is 0. The van der Waals surface area contributed by atoms with Gasteiger partial charge in [-0.05, 0) is 12.8 Å². The summed E-state index contributed by atoms with van der Waals surface area (Å²) in [5.74, 6) is -4.10. The monoisotopic (exact) mass is 282 g/mol. The Labute approximate surface area is 114 Å². The number of rotatable bonds is 4. The van der Waals surface area contributed by atoms with Crippen LogP contribution in [0.25, 0.3) is 5.69 Å². The summed E-state index contributed by atoms with van der Waals surface area (Å²) in [6, 6.07) is 1.72. The zero-order chi connectivity index (χ0) is 14.9. The molecule has 0 aliphatic rings. The minimum absolute atomic E-state index is 0.0565. The number of hydrogen-bond donors (Lipinski definition) is 0. The van der Waals surface area contributed by atoms with Gasteiger partial charge < -0.3 is 0 Å². The molecular formula is C14H13F3N2O. The highest BCUT2D eigenvalue weighted by Gasteiger charge is 2.18. The summed E-state index contributed by atoms with van der Waals surface area (Å²) in [5.41, 5.74) is 1.56. The summed E-state index contributed by atoms with van der Waals surface area (Å²) in [6.07, 6.45) is 1.65. The van der Waals surface area contributed by atoms with Gasteiger partial charge in [-0.25, -0.2) is 17.9 Å². The normalized spacial score (nSPS) is 10.8. The molecule has 0 aliphatic heterocycles. The van der Waals surface area contributed by atoms with Crippen molar-refractivity contribution in [1.29, 1.82) is 0 Å². The lowest BCUT2D eigenvalue weighted by atomic mass is 10.1. The molecule has 0 aliphatic carbocycles. The van der Waals surface area contributed by atoms with E-state index in [2.05, 4.69) is 5.10 Å². The molecule has 106 valence electrons. The molecule has 0 saturated carbocycles. The van der Waals surface area contributed by atoms with Crippen LogP contribution in [-0.2, 0) is 12.8 Å². The molecule has 1 aromatic carbocycles. The van der Waals surface area contributed by atoms with Crippen LogP contribution in [0, 0.1) is 17.5 Å². The van der Waals surface area contributed by atoms with E-state index in [1.165, 1.54) is 4.68 Å². The largest absolute Gasteiger partial charge is 0.298 e. The molecule has 0 unspecified atom stereocenters. The minimum Gasteiger partial charge on any atom is -0.298 e. The average molecular weight is 282 g/mol. The number of aromatic nitrogens is 2. The van der Waals surface area contributed by atoms with Crippen molar-refractivity contribution in [2.45, 2.75) is 26.7 Å². The molecule has 2 aromatic rings. The van der Waals surface area contributed by atoms with Crippen molar-refractivity contribution in [3.05, 3.63) is 46.5 Å². The highest BCUT2D eigenvalue weighted by molar-refractivity contribution is 5.78. The number of hydrogen-bond acceptors (Lipinski definition) is 2. The molecule has 0 saturated heterocycles. The Hall–Kier alpha value is -2.11. The quantitative estimate of drug-likeness (QED) is 0.637. The van der Waals surface area contributed by atoms with Gasteiger partial charge >= 0.3 is 0 Å². The van der Waals surface area contributed by atoms with Crippen LogP contribution in [0.3, 0.4) is 0 Å². The molecule has 3 nitrogen and oxygen atoms in total. The Balaban J connectivity index is 2.69. The van der Waals surface area contributed by atoms with Gasteiger partial charge in [-0.1, -0.05) is 13.8 Å². The van der Waals surface area contributed by atoms with E-state index in [1.54, 1.807) is 6.92 Å². The van der Waals surface area contributed by atoms with Crippen LogP contribution in [0.15, 0.2) is 12.1 Å². The van der Waals surface area contributed by atoms with E-state index < -0.39 is 17.5 Å². The molecule has 0 atom stereocenters. The summed E-state index contributed by atoms with van der Waals surface area (Å²) in [6.45, 7) is 3.63. The van der Waals surface area contributed by atoms with Crippen LogP contribution in [0.4, 0.5) is 13.2 Å². The van der Waals surface area contributed by atoms with Crippen LogP contribution in [0.2, 0.25) is 0 Å². The smallest absolute Gasteiger partial charge is 0.194 e. The van der Waals surface area contributed by atoms with Crippen LogP contribution in [0.5, 0.6) is 0 Å². The lowest BCUT2D eigenvalue weighted by molar-refractivity contribution is 0.112. The summed E-state index contributed by atoms with van der Waals surface area (Å²) < 4.78 is 40.9. The molecule has 0 N–H and O–H groups in total. The van der Waals surface area contributed by atoms with Crippen LogP contribution >= 0.6 is 0 Å². The molecule has 6 heteroatoms. The second-order valence-electron chi connectivity index (χ2n) is 4.27. The number of halogens is 3. The van der Waals surface area contributed by atoms with Gasteiger partial charge in [-0.2, -0.15) is 5.10 Å². The fourth-order valence-corrected chi connectivity index (χ4v) is 2.13. The van der Waals surface area contributed by atoms with E-state index in [0.717, 1.165) is 12.1 Å². The maximum absolute atomic E-state index is 13.3. The number of benzene rings is 1. The molecule has 1 heterocycles. The standard InChI is InChI=1S/C14H13F3N2O/c1-3-12-9(7-20)13(4-2)19(18-12)8-5-10(15)14(17)11(16)6-8/h5-7H,3-4H2,1-2H3. The first-order valence-corrected chi connectivity index (χ1v) is 6.24. The molecule has 0 fully saturated rings. The van der Waals surface area contributed by atoms with Gasteiger partial charge in [0.05, 0.1) is 22.6 Å². The fourth-order valence-electron chi connectivity index (χ4n) is 2.13. The SMILES string of the molecule is CCc1nn(-c2cc(F)c(F)c(F)c2)c(CC)c1C=O. The molecule has 0 amide bonds. The Morgan fingerprint density at radius 3 is 2.20 bits per heavy atom. The van der Waals surface area contributed by atoms with Gasteiger partial charge in [-0.15, -0.1) is 0 Å². The Kier molecular flexibility index (Phi) is 3.92. The van der Waals surface area contributed by atoms with E-state index in [0.29, 0.717) is 36.1 Å². The van der Waals surface area contributed by atoms with Gasteiger partial charge in [0.1, 0.15) is 0 Å². The second-order valence-corrected chi connectivity index (χ2v) is 4.27. The maximum Gasteiger partial charge on any atom is 0.194 e. The van der Waals surface area contributed by atoms with Crippen molar-refractivity contribution in [1.82, 2.24) is 9.78 Å². The third-order valence-electron chi connectivity index (χ3n) is 3.10. The topological polar surface area (TPSA) is 34.9 Å².